The molecule has 0 atom stereocenters. The van der Waals surface area contributed by atoms with E-state index in [0.717, 1.165) is 36.4 Å². The lowest BCUT2D eigenvalue weighted by Crippen LogP contribution is -2.14. The molecule has 18 heavy (non-hydrogen) atoms. The summed E-state index contributed by atoms with van der Waals surface area (Å²) in [6.45, 7) is 10.5. The third-order valence-electron chi connectivity index (χ3n) is 2.66. The van der Waals surface area contributed by atoms with Crippen LogP contribution >= 0.6 is 0 Å². The largest absolute Gasteiger partial charge is 0.496 e. The molecule has 0 spiro atoms. The van der Waals surface area contributed by atoms with Crippen LogP contribution in [-0.4, -0.2) is 20.3 Å². The van der Waals surface area contributed by atoms with E-state index in [1.807, 2.05) is 19.1 Å². The van der Waals surface area contributed by atoms with Crippen molar-refractivity contribution >= 4 is 5.76 Å². The first-order valence-electron chi connectivity index (χ1n) is 6.42. The van der Waals surface area contributed by atoms with E-state index >= 15 is 0 Å². The number of rotatable bonds is 8. The van der Waals surface area contributed by atoms with Gasteiger partial charge in [0.25, 0.3) is 0 Å². The highest BCUT2D eigenvalue weighted by Crippen LogP contribution is 2.23. The van der Waals surface area contributed by atoms with Crippen molar-refractivity contribution < 1.29 is 9.47 Å². The molecule has 3 heteroatoms. The summed E-state index contributed by atoms with van der Waals surface area (Å²) >= 11 is 0. The maximum atomic E-state index is 5.43. The minimum atomic E-state index is 0.633. The molecule has 100 valence electrons. The molecule has 0 radical (unpaired) electrons. The number of hydrogen-bond acceptors (Lipinski definition) is 3. The van der Waals surface area contributed by atoms with Gasteiger partial charge in [-0.3, -0.25) is 0 Å². The standard InChI is InChI=1S/C15H23NO2/c1-5-9-16-11-14-10-13(12(3)18-6-2)7-8-15(14)17-4/h7-8,10,16H,3,5-6,9,11H2,1-2,4H3. The van der Waals surface area contributed by atoms with Gasteiger partial charge in [-0.15, -0.1) is 0 Å². The van der Waals surface area contributed by atoms with Crippen molar-refractivity contribution in [2.24, 2.45) is 0 Å². The second kappa shape index (κ2) is 7.77. The molecule has 1 rings (SSSR count). The van der Waals surface area contributed by atoms with Crippen LogP contribution in [0.3, 0.4) is 0 Å². The average molecular weight is 249 g/mol. The van der Waals surface area contributed by atoms with E-state index in [4.69, 9.17) is 9.47 Å². The maximum absolute atomic E-state index is 5.43. The zero-order valence-electron chi connectivity index (χ0n) is 11.6. The molecule has 0 bridgehead atoms. The summed E-state index contributed by atoms with van der Waals surface area (Å²) in [5, 5.41) is 3.37. The molecule has 0 unspecified atom stereocenters. The summed E-state index contributed by atoms with van der Waals surface area (Å²) in [5.74, 6) is 1.60. The van der Waals surface area contributed by atoms with E-state index < -0.39 is 0 Å². The Balaban J connectivity index is 2.83. The molecule has 3 nitrogen and oxygen atoms in total. The molecule has 0 aromatic heterocycles. The highest BCUT2D eigenvalue weighted by atomic mass is 16.5. The van der Waals surface area contributed by atoms with Crippen molar-refractivity contribution in [3.05, 3.63) is 35.9 Å². The molecule has 1 aromatic rings. The molecule has 0 aliphatic carbocycles. The molecule has 0 aliphatic heterocycles. The van der Waals surface area contributed by atoms with Gasteiger partial charge >= 0.3 is 0 Å². The predicted octanol–water partition coefficient (Wildman–Crippen LogP) is 3.20. The van der Waals surface area contributed by atoms with Gasteiger partial charge in [-0.1, -0.05) is 13.5 Å². The molecule has 1 N–H and O–H groups in total. The lowest BCUT2D eigenvalue weighted by Gasteiger charge is -2.13. The molecular weight excluding hydrogens is 226 g/mol. The van der Waals surface area contributed by atoms with Crippen molar-refractivity contribution in [2.75, 3.05) is 20.3 Å². The lowest BCUT2D eigenvalue weighted by atomic mass is 10.1. The summed E-state index contributed by atoms with van der Waals surface area (Å²) in [6.07, 6.45) is 1.12. The first-order chi connectivity index (χ1) is 8.72. The second-order valence-corrected chi connectivity index (χ2v) is 4.06. The number of benzene rings is 1. The zero-order chi connectivity index (χ0) is 13.4. The quantitative estimate of drug-likeness (QED) is 0.567. The zero-order valence-corrected chi connectivity index (χ0v) is 11.6. The Bertz CT molecular complexity index is 388. The van der Waals surface area contributed by atoms with Crippen LogP contribution < -0.4 is 10.1 Å². The molecule has 0 fully saturated rings. The Kier molecular flexibility index (Phi) is 6.29. The Morgan fingerprint density at radius 3 is 2.72 bits per heavy atom. The Morgan fingerprint density at radius 1 is 1.33 bits per heavy atom. The van der Waals surface area contributed by atoms with E-state index in [1.165, 1.54) is 0 Å². The van der Waals surface area contributed by atoms with Gasteiger partial charge < -0.3 is 14.8 Å². The fourth-order valence-corrected chi connectivity index (χ4v) is 1.75. The van der Waals surface area contributed by atoms with Crippen LogP contribution in [0.5, 0.6) is 5.75 Å². The summed E-state index contributed by atoms with van der Waals surface area (Å²) in [6, 6.07) is 6.00. The minimum absolute atomic E-state index is 0.633. The number of methoxy groups -OCH3 is 1. The monoisotopic (exact) mass is 249 g/mol. The van der Waals surface area contributed by atoms with E-state index in [-0.39, 0.29) is 0 Å². The summed E-state index contributed by atoms with van der Waals surface area (Å²) < 4.78 is 10.8. The third-order valence-corrected chi connectivity index (χ3v) is 2.66. The first kappa shape index (κ1) is 14.6. The SMILES string of the molecule is C=C(OCC)c1ccc(OC)c(CNCCC)c1. The Hall–Kier alpha value is -1.48. The van der Waals surface area contributed by atoms with Gasteiger partial charge in [-0.2, -0.15) is 0 Å². The van der Waals surface area contributed by atoms with Gasteiger partial charge in [0.2, 0.25) is 0 Å². The smallest absolute Gasteiger partial charge is 0.123 e. The number of ether oxygens (including phenoxy) is 2. The summed E-state index contributed by atoms with van der Waals surface area (Å²) in [4.78, 5) is 0. The molecule has 1 aromatic carbocycles. The summed E-state index contributed by atoms with van der Waals surface area (Å²) in [5.41, 5.74) is 2.13. The van der Waals surface area contributed by atoms with Crippen molar-refractivity contribution in [2.45, 2.75) is 26.8 Å². The van der Waals surface area contributed by atoms with E-state index in [0.29, 0.717) is 12.4 Å². The van der Waals surface area contributed by atoms with Gasteiger partial charge in [-0.05, 0) is 38.1 Å². The van der Waals surface area contributed by atoms with Crippen molar-refractivity contribution in [3.8, 4) is 5.75 Å². The fraction of sp³-hybridized carbons (Fsp3) is 0.467. The van der Waals surface area contributed by atoms with Crippen LogP contribution in [0, 0.1) is 0 Å². The van der Waals surface area contributed by atoms with Gasteiger partial charge in [0.15, 0.2) is 0 Å². The van der Waals surface area contributed by atoms with Crippen LogP contribution in [0.4, 0.5) is 0 Å². The van der Waals surface area contributed by atoms with Crippen LogP contribution in [0.2, 0.25) is 0 Å². The van der Waals surface area contributed by atoms with E-state index in [1.54, 1.807) is 7.11 Å². The van der Waals surface area contributed by atoms with Crippen LogP contribution in [0.1, 0.15) is 31.4 Å². The van der Waals surface area contributed by atoms with E-state index in [9.17, 15) is 0 Å². The van der Waals surface area contributed by atoms with Crippen molar-refractivity contribution in [1.29, 1.82) is 0 Å². The predicted molar refractivity (Wildman–Crippen MR) is 75.7 cm³/mol. The van der Waals surface area contributed by atoms with Gasteiger partial charge in [0.05, 0.1) is 13.7 Å². The normalized spacial score (nSPS) is 10.2. The van der Waals surface area contributed by atoms with Crippen molar-refractivity contribution in [1.82, 2.24) is 5.32 Å². The topological polar surface area (TPSA) is 30.5 Å². The molecule has 0 saturated heterocycles. The molecule has 0 amide bonds. The first-order valence-corrected chi connectivity index (χ1v) is 6.42. The van der Waals surface area contributed by atoms with E-state index in [2.05, 4.69) is 24.9 Å². The second-order valence-electron chi connectivity index (χ2n) is 4.06. The molecule has 0 saturated carbocycles. The number of nitrogens with one attached hydrogen (secondary N) is 1. The highest BCUT2D eigenvalue weighted by Gasteiger charge is 2.06. The van der Waals surface area contributed by atoms with Crippen molar-refractivity contribution in [3.63, 3.8) is 0 Å². The Labute approximate surface area is 110 Å². The van der Waals surface area contributed by atoms with Gasteiger partial charge in [0.1, 0.15) is 11.5 Å². The lowest BCUT2D eigenvalue weighted by molar-refractivity contribution is 0.299. The van der Waals surface area contributed by atoms with Crippen LogP contribution in [0.15, 0.2) is 24.8 Å². The molecule has 0 heterocycles. The molecular formula is C15H23NO2. The Morgan fingerprint density at radius 2 is 2.11 bits per heavy atom. The summed E-state index contributed by atoms with van der Waals surface area (Å²) in [7, 11) is 1.69. The number of hydrogen-bond donors (Lipinski definition) is 1. The average Bonchev–Trinajstić information content (AvgIpc) is 2.39. The van der Waals surface area contributed by atoms with Gasteiger partial charge in [-0.25, -0.2) is 0 Å². The van der Waals surface area contributed by atoms with Gasteiger partial charge in [0, 0.05) is 17.7 Å². The van der Waals surface area contributed by atoms with Crippen LogP contribution in [-0.2, 0) is 11.3 Å². The van der Waals surface area contributed by atoms with Crippen LogP contribution in [0.25, 0.3) is 5.76 Å². The maximum Gasteiger partial charge on any atom is 0.123 e. The molecule has 0 aliphatic rings. The minimum Gasteiger partial charge on any atom is -0.496 e. The third kappa shape index (κ3) is 4.08. The fourth-order valence-electron chi connectivity index (χ4n) is 1.75. The highest BCUT2D eigenvalue weighted by molar-refractivity contribution is 5.60.